The normalized spacial score (nSPS) is 15.8. The number of amides is 1. The van der Waals surface area contributed by atoms with Crippen LogP contribution in [0.25, 0.3) is 0 Å². The number of carbonyl (C=O) groups excluding carboxylic acids is 1. The summed E-state index contributed by atoms with van der Waals surface area (Å²) in [5.74, 6) is -0.0876. The highest BCUT2D eigenvalue weighted by molar-refractivity contribution is 7.92. The first-order valence-corrected chi connectivity index (χ1v) is 12.8. The van der Waals surface area contributed by atoms with Crippen LogP contribution in [0.2, 0.25) is 0 Å². The molecule has 0 bridgehead atoms. The number of nitrogens with one attached hydrogen (secondary N) is 1. The van der Waals surface area contributed by atoms with E-state index in [4.69, 9.17) is 9.47 Å². The van der Waals surface area contributed by atoms with Crippen molar-refractivity contribution >= 4 is 27.3 Å². The maximum Gasteiger partial charge on any atom is 0.267 e. The van der Waals surface area contributed by atoms with Gasteiger partial charge in [-0.2, -0.15) is 0 Å². The fourth-order valence-electron chi connectivity index (χ4n) is 3.93. The van der Waals surface area contributed by atoms with Gasteiger partial charge < -0.3 is 14.8 Å². The zero-order valence-corrected chi connectivity index (χ0v) is 21.1. The van der Waals surface area contributed by atoms with Gasteiger partial charge in [0.15, 0.2) is 6.10 Å². The first-order chi connectivity index (χ1) is 16.6. The van der Waals surface area contributed by atoms with Crippen LogP contribution in [-0.4, -0.2) is 34.1 Å². The van der Waals surface area contributed by atoms with E-state index in [-0.39, 0.29) is 16.9 Å². The van der Waals surface area contributed by atoms with E-state index in [2.05, 4.69) is 26.1 Å². The van der Waals surface area contributed by atoms with Crippen molar-refractivity contribution in [1.29, 1.82) is 0 Å². The van der Waals surface area contributed by atoms with Crippen LogP contribution < -0.4 is 14.4 Å². The van der Waals surface area contributed by atoms with Gasteiger partial charge in [0.2, 0.25) is 0 Å². The van der Waals surface area contributed by atoms with E-state index >= 15 is 0 Å². The Bertz CT molecular complexity index is 1320. The Morgan fingerprint density at radius 2 is 1.80 bits per heavy atom. The van der Waals surface area contributed by atoms with Crippen molar-refractivity contribution in [2.45, 2.75) is 43.8 Å². The van der Waals surface area contributed by atoms with Crippen molar-refractivity contribution in [3.05, 3.63) is 83.9 Å². The molecule has 3 aromatic rings. The summed E-state index contributed by atoms with van der Waals surface area (Å²) in [5, 5.41) is 2.85. The second-order valence-corrected chi connectivity index (χ2v) is 11.4. The fraction of sp³-hybridized carbons (Fsp3) is 0.296. The molecule has 184 valence electrons. The lowest BCUT2D eigenvalue weighted by atomic mass is 9.86. The van der Waals surface area contributed by atoms with Gasteiger partial charge in [0.05, 0.1) is 23.7 Å². The number of carbonyl (C=O) groups is 1. The van der Waals surface area contributed by atoms with E-state index in [1.165, 1.54) is 4.31 Å². The molecule has 0 fully saturated rings. The smallest absolute Gasteiger partial charge is 0.267 e. The highest BCUT2D eigenvalue weighted by Gasteiger charge is 2.38. The molecule has 8 heteroatoms. The molecule has 0 unspecified atom stereocenters. The van der Waals surface area contributed by atoms with E-state index in [0.717, 1.165) is 11.1 Å². The predicted molar refractivity (Wildman–Crippen MR) is 136 cm³/mol. The molecule has 0 saturated heterocycles. The zero-order valence-electron chi connectivity index (χ0n) is 20.3. The second-order valence-electron chi connectivity index (χ2n) is 9.51. The lowest BCUT2D eigenvalue weighted by Gasteiger charge is -2.36. The second kappa shape index (κ2) is 9.71. The number of benzene rings is 3. The highest BCUT2D eigenvalue weighted by Crippen LogP contribution is 2.40. The minimum atomic E-state index is -3.93. The Balaban J connectivity index is 1.70. The summed E-state index contributed by atoms with van der Waals surface area (Å²) >= 11 is 0. The largest absolute Gasteiger partial charge is 0.476 e. The van der Waals surface area contributed by atoms with Crippen molar-refractivity contribution in [3.63, 3.8) is 0 Å². The van der Waals surface area contributed by atoms with Crippen molar-refractivity contribution in [3.8, 4) is 5.75 Å². The lowest BCUT2D eigenvalue weighted by molar-refractivity contribution is -0.122. The van der Waals surface area contributed by atoms with Gasteiger partial charge in [-0.3, -0.25) is 9.10 Å². The molecule has 0 radical (unpaired) electrons. The number of sulfonamides is 1. The number of hydrogen-bond acceptors (Lipinski definition) is 5. The SMILES string of the molecule is COCc1cccc(NC(=O)[C@H]2CN(S(=O)(=O)c3ccccc3)c3cc(C(C)(C)C)ccc3O2)c1. The Morgan fingerprint density at radius 1 is 1.06 bits per heavy atom. The molecule has 4 rings (SSSR count). The average Bonchev–Trinajstić information content (AvgIpc) is 2.83. The molecule has 1 amide bonds. The molecule has 1 aliphatic rings. The molecular weight excluding hydrogens is 464 g/mol. The number of methoxy groups -OCH3 is 1. The van der Waals surface area contributed by atoms with Crippen molar-refractivity contribution < 1.29 is 22.7 Å². The third kappa shape index (κ3) is 5.33. The minimum absolute atomic E-state index is 0.151. The first kappa shape index (κ1) is 24.8. The molecule has 1 aliphatic heterocycles. The van der Waals surface area contributed by atoms with Crippen molar-refractivity contribution in [2.24, 2.45) is 0 Å². The Kier molecular flexibility index (Phi) is 6.87. The van der Waals surface area contributed by atoms with E-state index in [0.29, 0.717) is 23.7 Å². The van der Waals surface area contributed by atoms with Crippen LogP contribution in [0.3, 0.4) is 0 Å². The van der Waals surface area contributed by atoms with Crippen LogP contribution in [0.1, 0.15) is 31.9 Å². The molecule has 1 N–H and O–H groups in total. The van der Waals surface area contributed by atoms with Crippen LogP contribution in [0, 0.1) is 0 Å². The first-order valence-electron chi connectivity index (χ1n) is 11.4. The molecule has 3 aromatic carbocycles. The monoisotopic (exact) mass is 494 g/mol. The van der Waals surface area contributed by atoms with Gasteiger partial charge >= 0.3 is 0 Å². The summed E-state index contributed by atoms with van der Waals surface area (Å²) in [5.41, 5.74) is 2.68. The Hall–Kier alpha value is -3.36. The molecule has 1 heterocycles. The van der Waals surface area contributed by atoms with E-state index in [1.807, 2.05) is 30.3 Å². The van der Waals surface area contributed by atoms with E-state index < -0.39 is 22.0 Å². The topological polar surface area (TPSA) is 84.9 Å². The maximum atomic E-state index is 13.7. The van der Waals surface area contributed by atoms with E-state index in [1.54, 1.807) is 49.6 Å². The van der Waals surface area contributed by atoms with Crippen LogP contribution in [0.5, 0.6) is 5.75 Å². The summed E-state index contributed by atoms with van der Waals surface area (Å²) in [6, 6.07) is 21.0. The van der Waals surface area contributed by atoms with Gasteiger partial charge in [-0.05, 0) is 52.9 Å². The molecule has 7 nitrogen and oxygen atoms in total. The summed E-state index contributed by atoms with van der Waals surface area (Å²) in [7, 11) is -2.33. The number of fused-ring (bicyclic) bond motifs is 1. The van der Waals surface area contributed by atoms with Crippen LogP contribution in [0.15, 0.2) is 77.7 Å². The van der Waals surface area contributed by atoms with Crippen LogP contribution in [0.4, 0.5) is 11.4 Å². The van der Waals surface area contributed by atoms with Crippen molar-refractivity contribution in [2.75, 3.05) is 23.3 Å². The van der Waals surface area contributed by atoms with Gasteiger partial charge in [0.25, 0.3) is 15.9 Å². The Labute approximate surface area is 206 Å². The molecule has 0 aliphatic carbocycles. The van der Waals surface area contributed by atoms with E-state index in [9.17, 15) is 13.2 Å². The maximum absolute atomic E-state index is 13.7. The molecule has 0 aromatic heterocycles. The third-order valence-electron chi connectivity index (χ3n) is 5.82. The van der Waals surface area contributed by atoms with Crippen LogP contribution >= 0.6 is 0 Å². The number of rotatable bonds is 6. The summed E-state index contributed by atoms with van der Waals surface area (Å²) in [4.78, 5) is 13.3. The highest BCUT2D eigenvalue weighted by atomic mass is 32.2. The fourth-order valence-corrected chi connectivity index (χ4v) is 5.42. The van der Waals surface area contributed by atoms with Gasteiger partial charge in [-0.25, -0.2) is 8.42 Å². The van der Waals surface area contributed by atoms with Crippen molar-refractivity contribution in [1.82, 2.24) is 0 Å². The molecule has 0 saturated carbocycles. The van der Waals surface area contributed by atoms with Crippen LogP contribution in [-0.2, 0) is 31.6 Å². The summed E-state index contributed by atoms with van der Waals surface area (Å²) in [6.07, 6.45) is -1.03. The molecular formula is C27H30N2O5S. The molecule has 0 spiro atoms. The number of hydrogen-bond donors (Lipinski definition) is 1. The third-order valence-corrected chi connectivity index (χ3v) is 7.62. The average molecular weight is 495 g/mol. The van der Waals surface area contributed by atoms with Gasteiger partial charge in [0.1, 0.15) is 5.75 Å². The van der Waals surface area contributed by atoms with Gasteiger partial charge in [-0.1, -0.05) is 57.2 Å². The van der Waals surface area contributed by atoms with Gasteiger partial charge in [-0.15, -0.1) is 0 Å². The standard InChI is InChI=1S/C27H30N2O5S/c1-27(2,3)20-13-14-24-23(16-20)29(35(31,32)22-11-6-5-7-12-22)17-25(34-24)26(30)28-21-10-8-9-19(15-21)18-33-4/h5-16,25H,17-18H2,1-4H3,(H,28,30)/t25-/m1/s1. The Morgan fingerprint density at radius 3 is 2.49 bits per heavy atom. The minimum Gasteiger partial charge on any atom is -0.476 e. The lowest BCUT2D eigenvalue weighted by Crippen LogP contribution is -2.49. The molecule has 1 atom stereocenters. The summed E-state index contributed by atoms with van der Waals surface area (Å²) < 4.78 is 39.8. The summed E-state index contributed by atoms with van der Waals surface area (Å²) in [6.45, 7) is 6.44. The number of anilines is 2. The number of ether oxygens (including phenoxy) is 2. The number of nitrogens with zero attached hydrogens (tertiary/aromatic N) is 1. The predicted octanol–water partition coefficient (Wildman–Crippen LogP) is 4.73. The molecule has 35 heavy (non-hydrogen) atoms. The zero-order chi connectivity index (χ0) is 25.2. The quantitative estimate of drug-likeness (QED) is 0.536. The van der Waals surface area contributed by atoms with Gasteiger partial charge in [0, 0.05) is 12.8 Å².